The number of nitrogens with one attached hydrogen (secondary N) is 1. The number of hydrogen-bond donors (Lipinski definition) is 3. The van der Waals surface area contributed by atoms with Crippen LogP contribution in [-0.4, -0.2) is 36.0 Å². The summed E-state index contributed by atoms with van der Waals surface area (Å²) in [4.78, 5) is 22.0. The number of sulfonamides is 1. The van der Waals surface area contributed by atoms with Crippen molar-refractivity contribution in [1.82, 2.24) is 9.29 Å². The molecule has 0 aliphatic heterocycles. The van der Waals surface area contributed by atoms with E-state index in [0.29, 0.717) is 0 Å². The number of carboxylic acids is 1. The second-order valence-electron chi connectivity index (χ2n) is 5.18. The van der Waals surface area contributed by atoms with Crippen LogP contribution >= 0.6 is 0 Å². The summed E-state index contributed by atoms with van der Waals surface area (Å²) in [5.74, 6) is -2.01. The summed E-state index contributed by atoms with van der Waals surface area (Å²) in [7, 11) is -2.57. The lowest BCUT2D eigenvalue weighted by atomic mass is 10.1. The first-order valence-electron chi connectivity index (χ1n) is 6.26. The van der Waals surface area contributed by atoms with Gasteiger partial charge in [-0.1, -0.05) is 13.8 Å². The maximum Gasteiger partial charge on any atom is 0.321 e. The molecule has 0 bridgehead atoms. The minimum Gasteiger partial charge on any atom is -0.480 e. The number of hydrogen-bond acceptors (Lipinski definition) is 4. The Morgan fingerprint density at radius 2 is 2.00 bits per heavy atom. The molecule has 1 rings (SSSR count). The maximum absolute atomic E-state index is 12.2. The van der Waals surface area contributed by atoms with Crippen LogP contribution in [0.5, 0.6) is 0 Å². The summed E-state index contributed by atoms with van der Waals surface area (Å²) < 4.78 is 27.8. The van der Waals surface area contributed by atoms with Crippen molar-refractivity contribution in [2.75, 3.05) is 0 Å². The van der Waals surface area contributed by atoms with Crippen LogP contribution < -0.4 is 10.5 Å². The molecule has 0 unspecified atom stereocenters. The van der Waals surface area contributed by atoms with Gasteiger partial charge in [-0.05, 0) is 18.4 Å². The van der Waals surface area contributed by atoms with Gasteiger partial charge in [0.25, 0.3) is 5.91 Å². The molecule has 0 radical (unpaired) electrons. The number of carbonyl (C=O) groups is 2. The molecule has 0 aliphatic carbocycles. The molecule has 1 atom stereocenters. The molecule has 1 aromatic rings. The molecule has 118 valence electrons. The van der Waals surface area contributed by atoms with Crippen LogP contribution in [0, 0.1) is 5.92 Å². The van der Waals surface area contributed by atoms with E-state index >= 15 is 0 Å². The Morgan fingerprint density at radius 3 is 2.38 bits per heavy atom. The molecule has 0 fully saturated rings. The van der Waals surface area contributed by atoms with Gasteiger partial charge in [-0.25, -0.2) is 8.42 Å². The third-order valence-corrected chi connectivity index (χ3v) is 4.28. The Labute approximate surface area is 123 Å². The van der Waals surface area contributed by atoms with E-state index in [1.165, 1.54) is 17.8 Å². The number of amides is 1. The highest BCUT2D eigenvalue weighted by atomic mass is 32.2. The average Bonchev–Trinajstić information content (AvgIpc) is 2.70. The number of nitrogens with zero attached hydrogens (tertiary/aromatic N) is 1. The van der Waals surface area contributed by atoms with Crippen molar-refractivity contribution in [2.24, 2.45) is 18.7 Å². The molecule has 0 aliphatic rings. The number of aliphatic carboxylic acids is 1. The Kier molecular flexibility index (Phi) is 5.13. The number of aryl methyl sites for hydroxylation is 1. The van der Waals surface area contributed by atoms with Gasteiger partial charge in [0, 0.05) is 13.2 Å². The van der Waals surface area contributed by atoms with Crippen molar-refractivity contribution in [3.05, 3.63) is 18.0 Å². The quantitative estimate of drug-likeness (QED) is 0.646. The van der Waals surface area contributed by atoms with Crippen LogP contribution in [0.1, 0.15) is 30.8 Å². The van der Waals surface area contributed by atoms with Crippen molar-refractivity contribution < 1.29 is 23.1 Å². The minimum atomic E-state index is -4.04. The largest absolute Gasteiger partial charge is 0.480 e. The summed E-state index contributed by atoms with van der Waals surface area (Å²) in [6, 6.07) is -0.119. The highest BCUT2D eigenvalue weighted by Gasteiger charge is 2.27. The second kappa shape index (κ2) is 6.27. The summed E-state index contributed by atoms with van der Waals surface area (Å²) in [5, 5.41) is 9.07. The number of primary amides is 1. The smallest absolute Gasteiger partial charge is 0.321 e. The topological polar surface area (TPSA) is 131 Å². The van der Waals surface area contributed by atoms with Crippen LogP contribution in [0.3, 0.4) is 0 Å². The van der Waals surface area contributed by atoms with Crippen LogP contribution in [0.2, 0.25) is 0 Å². The van der Waals surface area contributed by atoms with E-state index in [0.717, 1.165) is 6.07 Å². The number of carbonyl (C=O) groups excluding carboxylic acids is 1. The van der Waals surface area contributed by atoms with Crippen molar-refractivity contribution in [3.63, 3.8) is 0 Å². The first kappa shape index (κ1) is 17.2. The average molecular weight is 317 g/mol. The summed E-state index contributed by atoms with van der Waals surface area (Å²) >= 11 is 0. The van der Waals surface area contributed by atoms with Gasteiger partial charge in [0.1, 0.15) is 16.6 Å². The molecule has 21 heavy (non-hydrogen) atoms. The molecule has 1 heterocycles. The first-order chi connectivity index (χ1) is 9.54. The van der Waals surface area contributed by atoms with E-state index in [9.17, 15) is 18.0 Å². The number of rotatable bonds is 7. The third kappa shape index (κ3) is 4.30. The third-order valence-electron chi connectivity index (χ3n) is 2.85. The lowest BCUT2D eigenvalue weighted by molar-refractivity contribution is -0.139. The van der Waals surface area contributed by atoms with Crippen LogP contribution in [0.15, 0.2) is 17.2 Å². The Morgan fingerprint density at radius 1 is 1.43 bits per heavy atom. The fourth-order valence-electron chi connectivity index (χ4n) is 1.85. The standard InChI is InChI=1S/C12H19N3O5S/c1-7(2)4-9(12(17)18)14-21(19,20)8-5-10(11(13)16)15(3)6-8/h5-7,9,14H,4H2,1-3H3,(H2,13,16)(H,17,18)/t9-/m0/s1. The fraction of sp³-hybridized carbons (Fsp3) is 0.500. The van der Waals surface area contributed by atoms with Gasteiger partial charge in [0.15, 0.2) is 0 Å². The summed E-state index contributed by atoms with van der Waals surface area (Å²) in [5.41, 5.74) is 5.14. The molecule has 0 saturated heterocycles. The molecule has 0 spiro atoms. The molecular formula is C12H19N3O5S. The van der Waals surface area contributed by atoms with Crippen molar-refractivity contribution in [1.29, 1.82) is 0 Å². The predicted octanol–water partition coefficient (Wildman–Crippen LogP) is -0.0984. The zero-order valence-corrected chi connectivity index (χ0v) is 12.8. The normalized spacial score (nSPS) is 13.3. The van der Waals surface area contributed by atoms with Crippen molar-refractivity contribution >= 4 is 21.9 Å². The van der Waals surface area contributed by atoms with Gasteiger partial charge < -0.3 is 15.4 Å². The van der Waals surface area contributed by atoms with Crippen LogP contribution in [0.25, 0.3) is 0 Å². The molecular weight excluding hydrogens is 298 g/mol. The maximum atomic E-state index is 12.2. The SMILES string of the molecule is CC(C)C[C@H](NS(=O)(=O)c1cc(C(N)=O)n(C)c1)C(=O)O. The van der Waals surface area contributed by atoms with E-state index in [1.54, 1.807) is 13.8 Å². The minimum absolute atomic E-state index is 0.00533. The molecule has 0 saturated carbocycles. The van der Waals surface area contributed by atoms with Gasteiger partial charge in [-0.15, -0.1) is 0 Å². The predicted molar refractivity (Wildman–Crippen MR) is 75.1 cm³/mol. The lowest BCUT2D eigenvalue weighted by Crippen LogP contribution is -2.41. The Bertz CT molecular complexity index is 648. The Balaban J connectivity index is 3.07. The number of aromatic nitrogens is 1. The number of carboxylic acid groups (broad SMARTS) is 1. The zero-order chi connectivity index (χ0) is 16.4. The Hall–Kier alpha value is -1.87. The van der Waals surface area contributed by atoms with E-state index in [-0.39, 0.29) is 22.9 Å². The van der Waals surface area contributed by atoms with E-state index in [2.05, 4.69) is 4.72 Å². The van der Waals surface area contributed by atoms with Crippen molar-refractivity contribution in [3.8, 4) is 0 Å². The highest BCUT2D eigenvalue weighted by Crippen LogP contribution is 2.15. The molecule has 0 aromatic carbocycles. The zero-order valence-electron chi connectivity index (χ0n) is 12.0. The van der Waals surface area contributed by atoms with Crippen molar-refractivity contribution in [2.45, 2.75) is 31.2 Å². The molecule has 4 N–H and O–H groups in total. The van der Waals surface area contributed by atoms with E-state index < -0.39 is 27.9 Å². The van der Waals surface area contributed by atoms with Gasteiger partial charge in [0.05, 0.1) is 0 Å². The van der Waals surface area contributed by atoms with E-state index in [1.807, 2.05) is 0 Å². The summed E-state index contributed by atoms with van der Waals surface area (Å²) in [6.07, 6.45) is 1.36. The molecule has 1 aromatic heterocycles. The van der Waals surface area contributed by atoms with Gasteiger partial charge in [-0.2, -0.15) is 4.72 Å². The fourth-order valence-corrected chi connectivity index (χ4v) is 3.12. The van der Waals surface area contributed by atoms with E-state index in [4.69, 9.17) is 10.8 Å². The second-order valence-corrected chi connectivity index (χ2v) is 6.89. The van der Waals surface area contributed by atoms with Crippen LogP contribution in [-0.2, 0) is 21.9 Å². The first-order valence-corrected chi connectivity index (χ1v) is 7.74. The molecule has 1 amide bonds. The van der Waals surface area contributed by atoms with Gasteiger partial charge >= 0.3 is 5.97 Å². The van der Waals surface area contributed by atoms with Gasteiger partial charge in [0.2, 0.25) is 10.0 Å². The lowest BCUT2D eigenvalue weighted by Gasteiger charge is -2.15. The highest BCUT2D eigenvalue weighted by molar-refractivity contribution is 7.89. The monoisotopic (exact) mass is 317 g/mol. The van der Waals surface area contributed by atoms with Crippen LogP contribution in [0.4, 0.5) is 0 Å². The molecule has 9 heteroatoms. The molecule has 8 nitrogen and oxygen atoms in total. The summed E-state index contributed by atoms with van der Waals surface area (Å²) in [6.45, 7) is 3.58. The number of nitrogens with two attached hydrogens (primary N) is 1. The van der Waals surface area contributed by atoms with Gasteiger partial charge in [-0.3, -0.25) is 9.59 Å².